The average molecular weight is 572 g/mol. The lowest BCUT2D eigenvalue weighted by molar-refractivity contribution is 0.0653. The van der Waals surface area contributed by atoms with E-state index in [2.05, 4.69) is 16.3 Å². The van der Waals surface area contributed by atoms with Gasteiger partial charge in [-0.3, -0.25) is 15.0 Å². The standard InChI is InChI=1S/C28H22ClF4N5O2/c1-2-7-22(37(13-6-12-34)28(40)23-24(32)19(30)15-20(31)25(23)33)26-35-21-14-16(29)10-11-18(21)27(39)38(26)36-17-8-4-3-5-9-17/h1,3-5,8-11,14-15,22,36H,6-7,12-13,34H2/t22-/m1/s1. The number of amides is 1. The maximum atomic E-state index is 14.7. The number of aromatic nitrogens is 2. The number of nitrogens with one attached hydrogen (secondary N) is 1. The number of nitrogens with zero attached hydrogens (tertiary/aromatic N) is 3. The predicted octanol–water partition coefficient (Wildman–Crippen LogP) is 5.04. The van der Waals surface area contributed by atoms with E-state index in [9.17, 15) is 27.2 Å². The van der Waals surface area contributed by atoms with Crippen LogP contribution in [0, 0.1) is 35.6 Å². The molecule has 1 amide bonds. The Bertz CT molecular complexity index is 1650. The number of para-hydroxylation sites is 1. The summed E-state index contributed by atoms with van der Waals surface area (Å²) in [6.07, 6.45) is 5.44. The van der Waals surface area contributed by atoms with Crippen LogP contribution in [-0.2, 0) is 0 Å². The zero-order chi connectivity index (χ0) is 29.0. The molecule has 4 rings (SSSR count). The predicted molar refractivity (Wildman–Crippen MR) is 144 cm³/mol. The molecular weight excluding hydrogens is 550 g/mol. The highest BCUT2D eigenvalue weighted by molar-refractivity contribution is 6.31. The summed E-state index contributed by atoms with van der Waals surface area (Å²) in [7, 11) is 0. The minimum absolute atomic E-state index is 0.000659. The van der Waals surface area contributed by atoms with E-state index < -0.39 is 46.3 Å². The molecule has 0 saturated heterocycles. The SMILES string of the molecule is C#CC[C@H](c1nc2cc(Cl)ccc2c(=O)n1Nc1ccccc1)N(CCCN)C(=O)c1c(F)c(F)cc(F)c1F. The van der Waals surface area contributed by atoms with Gasteiger partial charge in [-0.05, 0) is 43.3 Å². The normalized spacial score (nSPS) is 11.7. The topological polar surface area (TPSA) is 93.2 Å². The van der Waals surface area contributed by atoms with Crippen LogP contribution in [0.15, 0.2) is 59.4 Å². The van der Waals surface area contributed by atoms with Gasteiger partial charge in [-0.2, -0.15) is 0 Å². The highest BCUT2D eigenvalue weighted by Gasteiger charge is 2.34. The molecule has 206 valence electrons. The summed E-state index contributed by atoms with van der Waals surface area (Å²) in [6, 6.07) is 11.6. The molecule has 1 atom stereocenters. The number of carbonyl (C=O) groups excluding carboxylic acids is 1. The first-order valence-corrected chi connectivity index (χ1v) is 12.4. The molecule has 3 N–H and O–H groups in total. The van der Waals surface area contributed by atoms with Crippen LogP contribution < -0.4 is 16.7 Å². The molecule has 0 unspecified atom stereocenters. The highest BCUT2D eigenvalue weighted by Crippen LogP contribution is 2.29. The van der Waals surface area contributed by atoms with Crippen LogP contribution in [0.25, 0.3) is 10.9 Å². The minimum atomic E-state index is -1.88. The Kier molecular flexibility index (Phi) is 8.72. The molecule has 3 aromatic carbocycles. The third-order valence-electron chi connectivity index (χ3n) is 6.05. The first-order chi connectivity index (χ1) is 19.2. The molecule has 40 heavy (non-hydrogen) atoms. The number of nitrogens with two attached hydrogens (primary N) is 1. The highest BCUT2D eigenvalue weighted by atomic mass is 35.5. The van der Waals surface area contributed by atoms with E-state index in [1.54, 1.807) is 30.3 Å². The first kappa shape index (κ1) is 28.6. The largest absolute Gasteiger partial charge is 0.330 e. The summed E-state index contributed by atoms with van der Waals surface area (Å²) >= 11 is 6.13. The third kappa shape index (κ3) is 5.64. The monoisotopic (exact) mass is 571 g/mol. The Morgan fingerprint density at radius 3 is 2.40 bits per heavy atom. The van der Waals surface area contributed by atoms with Crippen molar-refractivity contribution in [2.75, 3.05) is 18.5 Å². The van der Waals surface area contributed by atoms with E-state index in [0.717, 1.165) is 9.58 Å². The number of anilines is 1. The van der Waals surface area contributed by atoms with Crippen molar-refractivity contribution in [3.05, 3.63) is 105 Å². The zero-order valence-corrected chi connectivity index (χ0v) is 21.6. The van der Waals surface area contributed by atoms with Crippen LogP contribution in [0.5, 0.6) is 0 Å². The molecule has 0 aliphatic heterocycles. The van der Waals surface area contributed by atoms with Crippen molar-refractivity contribution in [3.63, 3.8) is 0 Å². The van der Waals surface area contributed by atoms with E-state index in [0.29, 0.717) is 5.69 Å². The number of fused-ring (bicyclic) bond motifs is 1. The first-order valence-electron chi connectivity index (χ1n) is 12.0. The summed E-state index contributed by atoms with van der Waals surface area (Å²) < 4.78 is 58.6. The van der Waals surface area contributed by atoms with Gasteiger partial charge in [0.05, 0.1) is 16.6 Å². The fourth-order valence-corrected chi connectivity index (χ4v) is 4.33. The van der Waals surface area contributed by atoms with Crippen LogP contribution >= 0.6 is 11.6 Å². The summed E-state index contributed by atoms with van der Waals surface area (Å²) in [5.74, 6) is -6.41. The molecule has 0 fully saturated rings. The Morgan fingerprint density at radius 1 is 1.10 bits per heavy atom. The molecule has 0 saturated carbocycles. The van der Waals surface area contributed by atoms with Gasteiger partial charge >= 0.3 is 0 Å². The van der Waals surface area contributed by atoms with E-state index in [1.807, 2.05) is 0 Å². The van der Waals surface area contributed by atoms with Gasteiger partial charge in [0.1, 0.15) is 11.6 Å². The molecule has 0 spiro atoms. The van der Waals surface area contributed by atoms with E-state index >= 15 is 0 Å². The van der Waals surface area contributed by atoms with Crippen molar-refractivity contribution in [1.29, 1.82) is 0 Å². The molecule has 0 aliphatic rings. The average Bonchev–Trinajstić information content (AvgIpc) is 2.93. The van der Waals surface area contributed by atoms with Gasteiger partial charge in [0, 0.05) is 24.1 Å². The summed E-state index contributed by atoms with van der Waals surface area (Å²) in [4.78, 5) is 32.7. The van der Waals surface area contributed by atoms with Crippen LogP contribution in [0.4, 0.5) is 23.2 Å². The number of halogens is 5. The van der Waals surface area contributed by atoms with Crippen molar-refractivity contribution in [2.24, 2.45) is 5.73 Å². The number of hydrogen-bond donors (Lipinski definition) is 2. The van der Waals surface area contributed by atoms with Crippen molar-refractivity contribution < 1.29 is 22.4 Å². The van der Waals surface area contributed by atoms with Crippen molar-refractivity contribution in [3.8, 4) is 12.3 Å². The second kappa shape index (κ2) is 12.2. The number of rotatable bonds is 9. The second-order valence-corrected chi connectivity index (χ2v) is 9.09. The van der Waals surface area contributed by atoms with Gasteiger partial charge in [0.25, 0.3) is 11.5 Å². The Labute approximate surface area is 231 Å². The van der Waals surface area contributed by atoms with Gasteiger partial charge in [0.2, 0.25) is 0 Å². The molecule has 1 heterocycles. The molecule has 0 radical (unpaired) electrons. The van der Waals surface area contributed by atoms with Crippen LogP contribution in [0.1, 0.15) is 35.1 Å². The summed E-state index contributed by atoms with van der Waals surface area (Å²) in [6.45, 7) is -0.196. The maximum Gasteiger partial charge on any atom is 0.280 e. The van der Waals surface area contributed by atoms with Gasteiger partial charge in [0.15, 0.2) is 29.1 Å². The fourth-order valence-electron chi connectivity index (χ4n) is 4.17. The zero-order valence-electron chi connectivity index (χ0n) is 20.8. The molecule has 0 aliphatic carbocycles. The smallest absolute Gasteiger partial charge is 0.280 e. The Balaban J connectivity index is 1.98. The molecule has 12 heteroatoms. The lowest BCUT2D eigenvalue weighted by atomic mass is 10.1. The number of carbonyl (C=O) groups is 1. The van der Waals surface area contributed by atoms with E-state index in [1.165, 1.54) is 18.2 Å². The lowest BCUT2D eigenvalue weighted by Gasteiger charge is -2.32. The van der Waals surface area contributed by atoms with Gasteiger partial charge in [-0.25, -0.2) is 27.2 Å². The number of benzene rings is 3. The van der Waals surface area contributed by atoms with E-state index in [4.69, 9.17) is 23.8 Å². The summed E-state index contributed by atoms with van der Waals surface area (Å²) in [5, 5.41) is 0.434. The van der Waals surface area contributed by atoms with Crippen molar-refractivity contribution >= 4 is 34.1 Å². The van der Waals surface area contributed by atoms with Crippen LogP contribution in [-0.4, -0.2) is 33.6 Å². The van der Waals surface area contributed by atoms with Crippen LogP contribution in [0.3, 0.4) is 0 Å². The molecule has 0 bridgehead atoms. The molecule has 4 aromatic rings. The van der Waals surface area contributed by atoms with E-state index in [-0.39, 0.29) is 53.7 Å². The number of hydrogen-bond acceptors (Lipinski definition) is 5. The quantitative estimate of drug-likeness (QED) is 0.167. The fraction of sp³-hybridized carbons (Fsp3) is 0.179. The molecule has 7 nitrogen and oxygen atoms in total. The van der Waals surface area contributed by atoms with Crippen molar-refractivity contribution in [2.45, 2.75) is 18.9 Å². The second-order valence-electron chi connectivity index (χ2n) is 8.66. The van der Waals surface area contributed by atoms with Crippen LogP contribution in [0.2, 0.25) is 5.02 Å². The van der Waals surface area contributed by atoms with Gasteiger partial charge < -0.3 is 10.6 Å². The Hall–Kier alpha value is -4.40. The summed E-state index contributed by atoms with van der Waals surface area (Å²) in [5.41, 5.74) is 7.13. The molecule has 1 aromatic heterocycles. The van der Waals surface area contributed by atoms with Gasteiger partial charge in [-0.1, -0.05) is 29.8 Å². The minimum Gasteiger partial charge on any atom is -0.330 e. The molecular formula is C28H22ClF4N5O2. The van der Waals surface area contributed by atoms with Gasteiger partial charge in [-0.15, -0.1) is 12.3 Å². The lowest BCUT2D eigenvalue weighted by Crippen LogP contribution is -2.42. The maximum absolute atomic E-state index is 14.7. The van der Waals surface area contributed by atoms with Crippen molar-refractivity contribution in [1.82, 2.24) is 14.6 Å². The third-order valence-corrected chi connectivity index (χ3v) is 6.28. The Morgan fingerprint density at radius 2 is 1.77 bits per heavy atom. The number of terminal acetylenes is 1.